The molecule has 1 N–H and O–H groups in total. The van der Waals surface area contributed by atoms with Crippen molar-refractivity contribution in [3.8, 4) is 11.3 Å². The van der Waals surface area contributed by atoms with E-state index in [9.17, 15) is 0 Å². The molecule has 0 spiro atoms. The van der Waals surface area contributed by atoms with Crippen molar-refractivity contribution >= 4 is 11.3 Å². The van der Waals surface area contributed by atoms with Gasteiger partial charge in [-0.3, -0.25) is 0 Å². The lowest BCUT2D eigenvalue weighted by Gasteiger charge is -2.26. The second kappa shape index (κ2) is 6.51. The van der Waals surface area contributed by atoms with Gasteiger partial charge in [-0.2, -0.15) is 0 Å². The SMILES string of the molecule is CC1CCC(NCc2nc(-c3ccccc3)cs2)CC1. The summed E-state index contributed by atoms with van der Waals surface area (Å²) in [5.74, 6) is 0.914. The first kappa shape index (κ1) is 13.8. The first-order chi connectivity index (χ1) is 9.81. The van der Waals surface area contributed by atoms with Crippen molar-refractivity contribution in [1.29, 1.82) is 0 Å². The molecule has 0 atom stereocenters. The van der Waals surface area contributed by atoms with Gasteiger partial charge >= 0.3 is 0 Å². The third kappa shape index (κ3) is 3.47. The Balaban J connectivity index is 1.55. The summed E-state index contributed by atoms with van der Waals surface area (Å²) >= 11 is 1.76. The lowest BCUT2D eigenvalue weighted by atomic mass is 9.87. The molecule has 1 saturated carbocycles. The first-order valence-electron chi connectivity index (χ1n) is 7.54. The van der Waals surface area contributed by atoms with Crippen molar-refractivity contribution in [1.82, 2.24) is 10.3 Å². The number of thiazole rings is 1. The Hall–Kier alpha value is -1.19. The number of aromatic nitrogens is 1. The lowest BCUT2D eigenvalue weighted by Crippen LogP contribution is -2.32. The average Bonchev–Trinajstić information content (AvgIpc) is 2.97. The predicted octanol–water partition coefficient (Wildman–Crippen LogP) is 4.48. The maximum atomic E-state index is 4.74. The van der Waals surface area contributed by atoms with Gasteiger partial charge < -0.3 is 5.32 Å². The summed E-state index contributed by atoms with van der Waals surface area (Å²) in [7, 11) is 0. The summed E-state index contributed by atoms with van der Waals surface area (Å²) in [5, 5.41) is 7.03. The minimum absolute atomic E-state index is 0.690. The van der Waals surface area contributed by atoms with Crippen LogP contribution >= 0.6 is 11.3 Å². The molecule has 2 aromatic rings. The molecule has 0 bridgehead atoms. The van der Waals surface area contributed by atoms with E-state index in [1.807, 2.05) is 6.07 Å². The lowest BCUT2D eigenvalue weighted by molar-refractivity contribution is 0.306. The van der Waals surface area contributed by atoms with Crippen molar-refractivity contribution in [3.05, 3.63) is 40.7 Å². The molecule has 3 rings (SSSR count). The fourth-order valence-corrected chi connectivity index (χ4v) is 3.58. The molecule has 0 unspecified atom stereocenters. The van der Waals surface area contributed by atoms with Crippen LogP contribution in [0.25, 0.3) is 11.3 Å². The zero-order chi connectivity index (χ0) is 13.8. The Morgan fingerprint density at radius 3 is 2.65 bits per heavy atom. The molecule has 0 amide bonds. The average molecular weight is 286 g/mol. The Labute approximate surface area is 125 Å². The molecule has 1 heterocycles. The van der Waals surface area contributed by atoms with Crippen LogP contribution in [0.1, 0.15) is 37.6 Å². The molecule has 1 aromatic heterocycles. The third-order valence-electron chi connectivity index (χ3n) is 4.18. The third-order valence-corrected chi connectivity index (χ3v) is 5.03. The van der Waals surface area contributed by atoms with Crippen molar-refractivity contribution < 1.29 is 0 Å². The Bertz CT molecular complexity index is 527. The standard InChI is InChI=1S/C17H22N2S/c1-13-7-9-15(10-8-13)18-11-17-19-16(12-20-17)14-5-3-2-4-6-14/h2-6,12-13,15,18H,7-11H2,1H3. The zero-order valence-electron chi connectivity index (χ0n) is 12.0. The van der Waals surface area contributed by atoms with Crippen LogP contribution in [-0.2, 0) is 6.54 Å². The normalized spacial score (nSPS) is 22.9. The summed E-state index contributed by atoms with van der Waals surface area (Å²) in [6.07, 6.45) is 5.37. The molecule has 0 saturated heterocycles. The molecule has 1 aromatic carbocycles. The van der Waals surface area contributed by atoms with E-state index in [0.717, 1.165) is 18.2 Å². The molecule has 3 heteroatoms. The maximum Gasteiger partial charge on any atom is 0.107 e. The molecular formula is C17H22N2S. The van der Waals surface area contributed by atoms with Gasteiger partial charge in [0.15, 0.2) is 0 Å². The second-order valence-electron chi connectivity index (χ2n) is 5.83. The Morgan fingerprint density at radius 2 is 1.90 bits per heavy atom. The van der Waals surface area contributed by atoms with Gasteiger partial charge in [0.05, 0.1) is 5.69 Å². The van der Waals surface area contributed by atoms with Crippen LogP contribution in [0.4, 0.5) is 0 Å². The largest absolute Gasteiger partial charge is 0.308 e. The fourth-order valence-electron chi connectivity index (χ4n) is 2.83. The van der Waals surface area contributed by atoms with Crippen LogP contribution in [-0.4, -0.2) is 11.0 Å². The number of benzene rings is 1. The predicted molar refractivity (Wildman–Crippen MR) is 85.8 cm³/mol. The zero-order valence-corrected chi connectivity index (χ0v) is 12.8. The quantitative estimate of drug-likeness (QED) is 0.896. The highest BCUT2D eigenvalue weighted by Crippen LogP contribution is 2.25. The van der Waals surface area contributed by atoms with Gasteiger partial charge in [0.1, 0.15) is 5.01 Å². The number of nitrogens with one attached hydrogen (secondary N) is 1. The van der Waals surface area contributed by atoms with E-state index in [1.165, 1.54) is 36.3 Å². The van der Waals surface area contributed by atoms with E-state index >= 15 is 0 Å². The van der Waals surface area contributed by atoms with Gasteiger partial charge in [0.2, 0.25) is 0 Å². The van der Waals surface area contributed by atoms with E-state index in [1.54, 1.807) is 11.3 Å². The van der Waals surface area contributed by atoms with Gasteiger partial charge in [-0.15, -0.1) is 11.3 Å². The topological polar surface area (TPSA) is 24.9 Å². The smallest absolute Gasteiger partial charge is 0.107 e. The highest BCUT2D eigenvalue weighted by molar-refractivity contribution is 7.09. The minimum Gasteiger partial charge on any atom is -0.308 e. The van der Waals surface area contributed by atoms with Crippen molar-refractivity contribution in [3.63, 3.8) is 0 Å². The molecule has 1 fully saturated rings. The van der Waals surface area contributed by atoms with E-state index in [4.69, 9.17) is 4.98 Å². The van der Waals surface area contributed by atoms with Crippen LogP contribution in [0.3, 0.4) is 0 Å². The molecule has 2 nitrogen and oxygen atoms in total. The summed E-state index contributed by atoms with van der Waals surface area (Å²) in [4.78, 5) is 4.74. The summed E-state index contributed by atoms with van der Waals surface area (Å²) < 4.78 is 0. The molecular weight excluding hydrogens is 264 g/mol. The molecule has 0 aliphatic heterocycles. The first-order valence-corrected chi connectivity index (χ1v) is 8.42. The molecule has 106 valence electrons. The summed E-state index contributed by atoms with van der Waals surface area (Å²) in [6, 6.07) is 11.1. The monoisotopic (exact) mass is 286 g/mol. The van der Waals surface area contributed by atoms with E-state index in [0.29, 0.717) is 6.04 Å². The van der Waals surface area contributed by atoms with Crippen LogP contribution in [0.15, 0.2) is 35.7 Å². The van der Waals surface area contributed by atoms with Crippen LogP contribution in [0.2, 0.25) is 0 Å². The second-order valence-corrected chi connectivity index (χ2v) is 6.77. The highest BCUT2D eigenvalue weighted by Gasteiger charge is 2.17. The van der Waals surface area contributed by atoms with Crippen molar-refractivity contribution in [2.24, 2.45) is 5.92 Å². The Morgan fingerprint density at radius 1 is 1.15 bits per heavy atom. The van der Waals surface area contributed by atoms with E-state index in [2.05, 4.69) is 41.9 Å². The van der Waals surface area contributed by atoms with Gasteiger partial charge in [-0.25, -0.2) is 4.98 Å². The Kier molecular flexibility index (Phi) is 4.48. The van der Waals surface area contributed by atoms with Gasteiger partial charge in [-0.05, 0) is 31.6 Å². The molecule has 0 radical (unpaired) electrons. The van der Waals surface area contributed by atoms with Gasteiger partial charge in [0.25, 0.3) is 0 Å². The molecule has 20 heavy (non-hydrogen) atoms. The fraction of sp³-hybridized carbons (Fsp3) is 0.471. The number of rotatable bonds is 4. The van der Waals surface area contributed by atoms with Crippen molar-refractivity contribution in [2.45, 2.75) is 45.2 Å². The van der Waals surface area contributed by atoms with E-state index < -0.39 is 0 Å². The number of hydrogen-bond acceptors (Lipinski definition) is 3. The van der Waals surface area contributed by atoms with Gasteiger partial charge in [-0.1, -0.05) is 37.3 Å². The highest BCUT2D eigenvalue weighted by atomic mass is 32.1. The van der Waals surface area contributed by atoms with E-state index in [-0.39, 0.29) is 0 Å². The summed E-state index contributed by atoms with van der Waals surface area (Å²) in [6.45, 7) is 3.28. The van der Waals surface area contributed by atoms with Crippen LogP contribution < -0.4 is 5.32 Å². The van der Waals surface area contributed by atoms with Crippen LogP contribution in [0, 0.1) is 5.92 Å². The molecule has 1 aliphatic rings. The van der Waals surface area contributed by atoms with Crippen LogP contribution in [0.5, 0.6) is 0 Å². The maximum absolute atomic E-state index is 4.74. The number of nitrogens with zero attached hydrogens (tertiary/aromatic N) is 1. The van der Waals surface area contributed by atoms with Crippen molar-refractivity contribution in [2.75, 3.05) is 0 Å². The summed E-state index contributed by atoms with van der Waals surface area (Å²) in [5.41, 5.74) is 2.31. The minimum atomic E-state index is 0.690. The molecule has 1 aliphatic carbocycles. The number of hydrogen-bond donors (Lipinski definition) is 1. The van der Waals surface area contributed by atoms with Gasteiger partial charge in [0, 0.05) is 23.5 Å².